The van der Waals surface area contributed by atoms with E-state index in [0.717, 1.165) is 19.3 Å². The molecular formula is C12H18N2O3S. The molecule has 0 aromatic heterocycles. The fraction of sp³-hybridized carbons (Fsp3) is 0.667. The lowest BCUT2D eigenvalue weighted by Gasteiger charge is -2.20. The molecule has 2 amide bonds. The zero-order valence-corrected chi connectivity index (χ0v) is 11.0. The molecule has 0 bridgehead atoms. The second-order valence-corrected chi connectivity index (χ2v) is 5.56. The highest BCUT2D eigenvalue weighted by Crippen LogP contribution is 2.22. The molecule has 0 spiro atoms. The number of thioether (sulfide) groups is 1. The summed E-state index contributed by atoms with van der Waals surface area (Å²) in [5.41, 5.74) is 1.40. The third-order valence-electron chi connectivity index (χ3n) is 3.29. The molecule has 100 valence electrons. The first kappa shape index (κ1) is 13.3. The number of amides is 2. The van der Waals surface area contributed by atoms with Gasteiger partial charge in [0.2, 0.25) is 0 Å². The van der Waals surface area contributed by atoms with Gasteiger partial charge in [0.25, 0.3) is 0 Å². The van der Waals surface area contributed by atoms with Crippen molar-refractivity contribution in [2.75, 3.05) is 18.2 Å². The Morgan fingerprint density at radius 3 is 3.06 bits per heavy atom. The predicted octanol–water partition coefficient (Wildman–Crippen LogP) is 1.66. The average molecular weight is 270 g/mol. The summed E-state index contributed by atoms with van der Waals surface area (Å²) in [7, 11) is 0. The maximum atomic E-state index is 11.9. The monoisotopic (exact) mass is 270 g/mol. The molecule has 2 N–H and O–H groups in total. The van der Waals surface area contributed by atoms with E-state index < -0.39 is 12.0 Å². The van der Waals surface area contributed by atoms with Crippen molar-refractivity contribution in [2.45, 2.75) is 31.7 Å². The number of rotatable bonds is 4. The van der Waals surface area contributed by atoms with E-state index in [-0.39, 0.29) is 6.03 Å². The van der Waals surface area contributed by atoms with Crippen LogP contribution in [0.25, 0.3) is 0 Å². The summed E-state index contributed by atoms with van der Waals surface area (Å²) >= 11 is 1.48. The number of hydrogen-bond donors (Lipinski definition) is 2. The lowest BCUT2D eigenvalue weighted by Crippen LogP contribution is -2.47. The summed E-state index contributed by atoms with van der Waals surface area (Å²) in [5.74, 6) is 0.0213. The van der Waals surface area contributed by atoms with E-state index in [1.807, 2.05) is 0 Å². The first-order chi connectivity index (χ1) is 8.68. The lowest BCUT2D eigenvalue weighted by molar-refractivity contribution is -0.140. The third-order valence-corrected chi connectivity index (χ3v) is 4.30. The Balaban J connectivity index is 1.75. The van der Waals surface area contributed by atoms with Gasteiger partial charge in [-0.05, 0) is 25.7 Å². The van der Waals surface area contributed by atoms with Crippen LogP contribution in [0.3, 0.4) is 0 Å². The first-order valence-corrected chi connectivity index (χ1v) is 7.37. The molecule has 2 rings (SSSR count). The van der Waals surface area contributed by atoms with Crippen molar-refractivity contribution in [2.24, 2.45) is 0 Å². The first-order valence-electron chi connectivity index (χ1n) is 6.21. The second kappa shape index (κ2) is 6.13. The van der Waals surface area contributed by atoms with E-state index in [1.54, 1.807) is 0 Å². The van der Waals surface area contributed by atoms with Crippen LogP contribution in [0.4, 0.5) is 4.79 Å². The number of carboxylic acids is 1. The van der Waals surface area contributed by atoms with Crippen molar-refractivity contribution in [3.05, 3.63) is 11.6 Å². The van der Waals surface area contributed by atoms with Crippen LogP contribution < -0.4 is 5.32 Å². The van der Waals surface area contributed by atoms with E-state index in [4.69, 9.17) is 5.11 Å². The van der Waals surface area contributed by atoms with E-state index in [1.165, 1.54) is 28.7 Å². The van der Waals surface area contributed by atoms with Crippen molar-refractivity contribution in [1.82, 2.24) is 10.2 Å². The molecule has 0 unspecified atom stereocenters. The second-order valence-electron chi connectivity index (χ2n) is 4.56. The number of allylic oxidation sites excluding steroid dienone is 1. The zero-order valence-electron chi connectivity index (χ0n) is 10.2. The Bertz CT molecular complexity index is 370. The Morgan fingerprint density at radius 2 is 2.39 bits per heavy atom. The molecular weight excluding hydrogens is 252 g/mol. The smallest absolute Gasteiger partial charge is 0.327 e. The minimum atomic E-state index is -0.923. The van der Waals surface area contributed by atoms with Crippen molar-refractivity contribution < 1.29 is 14.7 Å². The molecule has 6 heteroatoms. The summed E-state index contributed by atoms with van der Waals surface area (Å²) < 4.78 is 0. The maximum Gasteiger partial charge on any atom is 0.327 e. The van der Waals surface area contributed by atoms with Crippen molar-refractivity contribution in [3.8, 4) is 0 Å². The molecule has 1 aliphatic carbocycles. The Hall–Kier alpha value is -1.17. The average Bonchev–Trinajstić information content (AvgIpc) is 2.99. The van der Waals surface area contributed by atoms with Gasteiger partial charge in [-0.25, -0.2) is 9.59 Å². The Labute approximate surface area is 111 Å². The van der Waals surface area contributed by atoms with Crippen molar-refractivity contribution >= 4 is 23.8 Å². The summed E-state index contributed by atoms with van der Waals surface area (Å²) in [6.07, 6.45) is 6.61. The zero-order chi connectivity index (χ0) is 13.0. The van der Waals surface area contributed by atoms with E-state index in [0.29, 0.717) is 18.2 Å². The summed E-state index contributed by atoms with van der Waals surface area (Å²) in [4.78, 5) is 24.2. The quantitative estimate of drug-likeness (QED) is 0.762. The molecule has 1 atom stereocenters. The molecule has 5 nitrogen and oxygen atoms in total. The SMILES string of the molecule is O=C(O)[C@@H]1CSCN1C(=O)NCCC1=CCCC1. The molecule has 0 aromatic carbocycles. The number of nitrogens with one attached hydrogen (secondary N) is 1. The molecule has 0 saturated carbocycles. The number of nitrogens with zero attached hydrogens (tertiary/aromatic N) is 1. The molecule has 1 fully saturated rings. The van der Waals surface area contributed by atoms with Gasteiger partial charge in [0.1, 0.15) is 6.04 Å². The lowest BCUT2D eigenvalue weighted by atomic mass is 10.2. The molecule has 18 heavy (non-hydrogen) atoms. The molecule has 0 aromatic rings. The largest absolute Gasteiger partial charge is 0.480 e. The van der Waals surface area contributed by atoms with Crippen LogP contribution >= 0.6 is 11.8 Å². The molecule has 0 radical (unpaired) electrons. The van der Waals surface area contributed by atoms with Crippen molar-refractivity contribution in [1.29, 1.82) is 0 Å². The van der Waals surface area contributed by atoms with Gasteiger partial charge in [-0.15, -0.1) is 11.8 Å². The normalized spacial score (nSPS) is 23.0. The highest BCUT2D eigenvalue weighted by molar-refractivity contribution is 7.99. The van der Waals surface area contributed by atoms with Crippen LogP contribution in [0.15, 0.2) is 11.6 Å². The number of hydrogen-bond acceptors (Lipinski definition) is 3. The van der Waals surface area contributed by atoms with Crippen molar-refractivity contribution in [3.63, 3.8) is 0 Å². The van der Waals surface area contributed by atoms with Gasteiger partial charge >= 0.3 is 12.0 Å². The van der Waals surface area contributed by atoms with Gasteiger partial charge in [0, 0.05) is 12.3 Å². The van der Waals surface area contributed by atoms with Crippen LogP contribution in [0.2, 0.25) is 0 Å². The Kier molecular flexibility index (Phi) is 4.52. The summed E-state index contributed by atoms with van der Waals surface area (Å²) in [6.45, 7) is 0.595. The molecule has 1 saturated heterocycles. The highest BCUT2D eigenvalue weighted by Gasteiger charge is 2.34. The fourth-order valence-corrected chi connectivity index (χ4v) is 3.39. The van der Waals surface area contributed by atoms with Crippen LogP contribution in [-0.4, -0.2) is 46.2 Å². The van der Waals surface area contributed by atoms with E-state index >= 15 is 0 Å². The number of carbonyl (C=O) groups is 2. The Morgan fingerprint density at radius 1 is 1.56 bits per heavy atom. The molecule has 2 aliphatic rings. The van der Waals surface area contributed by atoms with E-state index in [2.05, 4.69) is 11.4 Å². The maximum absolute atomic E-state index is 11.9. The minimum absolute atomic E-state index is 0.258. The van der Waals surface area contributed by atoms with Gasteiger partial charge in [-0.1, -0.05) is 11.6 Å². The van der Waals surface area contributed by atoms with Gasteiger partial charge in [0.15, 0.2) is 0 Å². The summed E-state index contributed by atoms with van der Waals surface area (Å²) in [5, 5.41) is 11.8. The van der Waals surface area contributed by atoms with E-state index in [9.17, 15) is 9.59 Å². The summed E-state index contributed by atoms with van der Waals surface area (Å²) in [6, 6.07) is -0.938. The molecule has 1 aliphatic heterocycles. The van der Waals surface area contributed by atoms with Gasteiger partial charge in [-0.3, -0.25) is 0 Å². The number of carbonyl (C=O) groups excluding carboxylic acids is 1. The van der Waals surface area contributed by atoms with Gasteiger partial charge < -0.3 is 15.3 Å². The third kappa shape index (κ3) is 3.19. The van der Waals surface area contributed by atoms with Crippen LogP contribution in [-0.2, 0) is 4.79 Å². The predicted molar refractivity (Wildman–Crippen MR) is 70.5 cm³/mol. The topological polar surface area (TPSA) is 69.6 Å². The minimum Gasteiger partial charge on any atom is -0.480 e. The number of carboxylic acid groups (broad SMARTS) is 1. The van der Waals surface area contributed by atoms with Crippen LogP contribution in [0.5, 0.6) is 0 Å². The number of aliphatic carboxylic acids is 1. The molecule has 1 heterocycles. The van der Waals surface area contributed by atoms with Crippen LogP contribution in [0, 0.1) is 0 Å². The van der Waals surface area contributed by atoms with Crippen LogP contribution in [0.1, 0.15) is 25.7 Å². The number of urea groups is 1. The fourth-order valence-electron chi connectivity index (χ4n) is 2.24. The highest BCUT2D eigenvalue weighted by atomic mass is 32.2. The van der Waals surface area contributed by atoms with Gasteiger partial charge in [-0.2, -0.15) is 0 Å². The van der Waals surface area contributed by atoms with Gasteiger partial charge in [0.05, 0.1) is 5.88 Å². The standard InChI is InChI=1S/C12H18N2O3S/c15-11(16)10-7-18-8-14(10)12(17)13-6-5-9-3-1-2-4-9/h3,10H,1-2,4-8H2,(H,13,17)(H,15,16)/t10-/m0/s1.